The standard InChI is InChI=1S/C29H23ClN6O2/c1-2-6-26(37)33-19-13-11-18(12-14-19)28(38)34-20-7-5-8-21(15-20)35-29-32-17-24(30)27(36-29)23-16-31-25-10-4-3-9-22(23)25/h2-17,31H,1H3,(H,33,37)(H,34,38)(H,32,35,36)/b6-2+. The van der Waals surface area contributed by atoms with Gasteiger partial charge in [0.1, 0.15) is 0 Å². The molecule has 5 rings (SSSR count). The van der Waals surface area contributed by atoms with Crippen molar-refractivity contribution in [1.82, 2.24) is 15.0 Å². The maximum atomic E-state index is 12.8. The van der Waals surface area contributed by atoms with E-state index in [0.29, 0.717) is 39.3 Å². The van der Waals surface area contributed by atoms with Gasteiger partial charge in [0.2, 0.25) is 11.9 Å². The van der Waals surface area contributed by atoms with Crippen LogP contribution in [0.3, 0.4) is 0 Å². The number of nitrogens with zero attached hydrogens (tertiary/aromatic N) is 2. The molecule has 2 amide bonds. The summed E-state index contributed by atoms with van der Waals surface area (Å²) in [5.74, 6) is -0.140. The number of nitrogens with one attached hydrogen (secondary N) is 4. The average molecular weight is 523 g/mol. The second kappa shape index (κ2) is 11.0. The molecule has 0 saturated carbocycles. The molecule has 0 bridgehead atoms. The zero-order valence-electron chi connectivity index (χ0n) is 20.3. The van der Waals surface area contributed by atoms with E-state index in [-0.39, 0.29) is 11.8 Å². The van der Waals surface area contributed by atoms with Crippen molar-refractivity contribution in [2.75, 3.05) is 16.0 Å². The third-order valence-electron chi connectivity index (χ3n) is 5.70. The number of aromatic amines is 1. The van der Waals surface area contributed by atoms with Crippen LogP contribution < -0.4 is 16.0 Å². The number of anilines is 4. The molecule has 0 aliphatic heterocycles. The Balaban J connectivity index is 1.30. The molecule has 0 aliphatic carbocycles. The highest BCUT2D eigenvalue weighted by Gasteiger charge is 2.13. The van der Waals surface area contributed by atoms with Crippen molar-refractivity contribution < 1.29 is 9.59 Å². The molecule has 5 aromatic rings. The van der Waals surface area contributed by atoms with Crippen LogP contribution in [0.5, 0.6) is 0 Å². The number of amides is 2. The lowest BCUT2D eigenvalue weighted by atomic mass is 10.1. The van der Waals surface area contributed by atoms with Crippen LogP contribution in [0, 0.1) is 0 Å². The summed E-state index contributed by atoms with van der Waals surface area (Å²) in [5.41, 5.74) is 4.82. The molecule has 0 radical (unpaired) electrons. The number of hydrogen-bond acceptors (Lipinski definition) is 5. The van der Waals surface area contributed by atoms with Gasteiger partial charge in [-0.2, -0.15) is 0 Å². The quantitative estimate of drug-likeness (QED) is 0.176. The van der Waals surface area contributed by atoms with E-state index in [1.807, 2.05) is 42.6 Å². The van der Waals surface area contributed by atoms with Gasteiger partial charge in [0, 0.05) is 45.3 Å². The van der Waals surface area contributed by atoms with Gasteiger partial charge in [0.15, 0.2) is 0 Å². The number of carbonyl (C=O) groups is 2. The molecule has 0 saturated heterocycles. The summed E-state index contributed by atoms with van der Waals surface area (Å²) < 4.78 is 0. The first-order valence-electron chi connectivity index (χ1n) is 11.8. The first-order valence-corrected chi connectivity index (χ1v) is 12.2. The van der Waals surface area contributed by atoms with Crippen molar-refractivity contribution in [2.45, 2.75) is 6.92 Å². The van der Waals surface area contributed by atoms with Crippen LogP contribution in [0.1, 0.15) is 17.3 Å². The van der Waals surface area contributed by atoms with Gasteiger partial charge < -0.3 is 20.9 Å². The topological polar surface area (TPSA) is 112 Å². The fourth-order valence-electron chi connectivity index (χ4n) is 3.93. The Kier molecular flexibility index (Phi) is 7.15. The normalized spacial score (nSPS) is 11.0. The smallest absolute Gasteiger partial charge is 0.255 e. The zero-order valence-corrected chi connectivity index (χ0v) is 21.1. The molecule has 2 aromatic heterocycles. The fraction of sp³-hybridized carbons (Fsp3) is 0.0345. The molecule has 2 heterocycles. The maximum Gasteiger partial charge on any atom is 0.255 e. The molecule has 0 aliphatic rings. The summed E-state index contributed by atoms with van der Waals surface area (Å²) in [4.78, 5) is 36.6. The third-order valence-corrected chi connectivity index (χ3v) is 5.97. The van der Waals surface area contributed by atoms with Gasteiger partial charge >= 0.3 is 0 Å². The van der Waals surface area contributed by atoms with Crippen molar-refractivity contribution in [1.29, 1.82) is 0 Å². The highest BCUT2D eigenvalue weighted by atomic mass is 35.5. The number of aromatic nitrogens is 3. The molecule has 9 heteroatoms. The van der Waals surface area contributed by atoms with Crippen LogP contribution in [0.25, 0.3) is 22.2 Å². The minimum Gasteiger partial charge on any atom is -0.360 e. The summed E-state index contributed by atoms with van der Waals surface area (Å²) in [6, 6.07) is 21.8. The van der Waals surface area contributed by atoms with Crippen LogP contribution in [-0.2, 0) is 4.79 Å². The second-order valence-electron chi connectivity index (χ2n) is 8.36. The molecular weight excluding hydrogens is 500 g/mol. The number of fused-ring (bicyclic) bond motifs is 1. The Morgan fingerprint density at radius 3 is 2.53 bits per heavy atom. The highest BCUT2D eigenvalue weighted by molar-refractivity contribution is 6.33. The molecule has 0 fully saturated rings. The van der Waals surface area contributed by atoms with Crippen molar-refractivity contribution >= 4 is 57.3 Å². The van der Waals surface area contributed by atoms with Crippen molar-refractivity contribution in [3.8, 4) is 11.3 Å². The molecule has 3 aromatic carbocycles. The lowest BCUT2D eigenvalue weighted by molar-refractivity contribution is -0.111. The molecular formula is C29H23ClN6O2. The Hall–Kier alpha value is -4.95. The van der Waals surface area contributed by atoms with E-state index >= 15 is 0 Å². The molecule has 38 heavy (non-hydrogen) atoms. The number of benzene rings is 3. The van der Waals surface area contributed by atoms with Crippen LogP contribution in [0.4, 0.5) is 23.0 Å². The summed E-state index contributed by atoms with van der Waals surface area (Å²) >= 11 is 6.44. The SMILES string of the molecule is C/C=C/C(=O)Nc1ccc(C(=O)Nc2cccc(Nc3ncc(Cl)c(-c4c[nH]c5ccccc45)n3)c2)cc1. The van der Waals surface area contributed by atoms with E-state index in [0.717, 1.165) is 16.5 Å². The number of H-pyrrole nitrogens is 1. The number of hydrogen-bond donors (Lipinski definition) is 4. The van der Waals surface area contributed by atoms with E-state index in [9.17, 15) is 9.59 Å². The predicted molar refractivity (Wildman–Crippen MR) is 152 cm³/mol. The van der Waals surface area contributed by atoms with Crippen molar-refractivity contribution in [3.63, 3.8) is 0 Å². The predicted octanol–water partition coefficient (Wildman–Crippen LogP) is 6.79. The Morgan fingerprint density at radius 2 is 1.71 bits per heavy atom. The molecule has 8 nitrogen and oxygen atoms in total. The second-order valence-corrected chi connectivity index (χ2v) is 8.77. The Labute approximate surface area is 223 Å². The van der Waals surface area contributed by atoms with Gasteiger partial charge in [-0.25, -0.2) is 9.97 Å². The van der Waals surface area contributed by atoms with Crippen LogP contribution >= 0.6 is 11.6 Å². The monoisotopic (exact) mass is 522 g/mol. The maximum absolute atomic E-state index is 12.8. The Morgan fingerprint density at radius 1 is 0.921 bits per heavy atom. The van der Waals surface area contributed by atoms with E-state index in [1.54, 1.807) is 55.6 Å². The van der Waals surface area contributed by atoms with Gasteiger partial charge in [0.05, 0.1) is 16.9 Å². The zero-order chi connectivity index (χ0) is 26.5. The van der Waals surface area contributed by atoms with E-state index < -0.39 is 0 Å². The lowest BCUT2D eigenvalue weighted by Crippen LogP contribution is -2.12. The number of rotatable bonds is 7. The van der Waals surface area contributed by atoms with Crippen molar-refractivity contribution in [3.05, 3.63) is 108 Å². The van der Waals surface area contributed by atoms with Crippen molar-refractivity contribution in [2.24, 2.45) is 0 Å². The summed E-state index contributed by atoms with van der Waals surface area (Å²) in [6.07, 6.45) is 6.52. The highest BCUT2D eigenvalue weighted by Crippen LogP contribution is 2.32. The number of para-hydroxylation sites is 1. The van der Waals surface area contributed by atoms with Gasteiger partial charge in [-0.15, -0.1) is 0 Å². The molecule has 0 unspecified atom stereocenters. The molecule has 0 atom stereocenters. The molecule has 0 spiro atoms. The number of halogens is 1. The first kappa shape index (κ1) is 24.7. The third kappa shape index (κ3) is 5.55. The molecule has 4 N–H and O–H groups in total. The minimum absolute atomic E-state index is 0.229. The number of carbonyl (C=O) groups excluding carboxylic acids is 2. The van der Waals surface area contributed by atoms with Crippen LogP contribution in [-0.4, -0.2) is 26.8 Å². The summed E-state index contributed by atoms with van der Waals surface area (Å²) in [6.45, 7) is 1.77. The fourth-order valence-corrected chi connectivity index (χ4v) is 4.12. The van der Waals surface area contributed by atoms with E-state index in [2.05, 4.69) is 30.9 Å². The lowest BCUT2D eigenvalue weighted by Gasteiger charge is -2.10. The van der Waals surface area contributed by atoms with Gasteiger partial charge in [-0.1, -0.05) is 41.9 Å². The van der Waals surface area contributed by atoms with Gasteiger partial charge in [0.25, 0.3) is 5.91 Å². The molecule has 188 valence electrons. The van der Waals surface area contributed by atoms with E-state index in [1.165, 1.54) is 6.08 Å². The largest absolute Gasteiger partial charge is 0.360 e. The van der Waals surface area contributed by atoms with Gasteiger partial charge in [-0.05, 0) is 61.5 Å². The van der Waals surface area contributed by atoms with Crippen LogP contribution in [0.2, 0.25) is 5.02 Å². The number of allylic oxidation sites excluding steroid dienone is 1. The van der Waals surface area contributed by atoms with E-state index in [4.69, 9.17) is 11.6 Å². The van der Waals surface area contributed by atoms with Gasteiger partial charge in [-0.3, -0.25) is 9.59 Å². The minimum atomic E-state index is -0.280. The van der Waals surface area contributed by atoms with Crippen LogP contribution in [0.15, 0.2) is 97.3 Å². The average Bonchev–Trinajstić information content (AvgIpc) is 3.34. The summed E-state index contributed by atoms with van der Waals surface area (Å²) in [5, 5.41) is 10.2. The summed E-state index contributed by atoms with van der Waals surface area (Å²) in [7, 11) is 0. The first-order chi connectivity index (χ1) is 18.5. The Bertz CT molecular complexity index is 1660.